The van der Waals surface area contributed by atoms with Crippen LogP contribution in [0.15, 0.2) is 31.2 Å². The van der Waals surface area contributed by atoms with Crippen LogP contribution in [0.1, 0.15) is 18.7 Å². The molecule has 7 N–H and O–H groups in total. The van der Waals surface area contributed by atoms with Gasteiger partial charge >= 0.3 is 13.5 Å². The van der Waals surface area contributed by atoms with Gasteiger partial charge in [-0.15, -0.1) is 0 Å². The highest BCUT2D eigenvalue weighted by atomic mass is 32.7. The van der Waals surface area contributed by atoms with E-state index in [9.17, 15) is 19.7 Å². The number of nitrogens with zero attached hydrogens (tertiary/aromatic N) is 7. The highest BCUT2D eigenvalue weighted by Gasteiger charge is 2.73. The quantitative estimate of drug-likeness (QED) is 0.124. The van der Waals surface area contributed by atoms with Crippen molar-refractivity contribution < 1.29 is 42.5 Å². The Kier molecular flexibility index (Phi) is 6.90. The molecule has 2 saturated carbocycles. The van der Waals surface area contributed by atoms with Gasteiger partial charge in [-0.05, 0) is 30.2 Å². The molecule has 3 unspecified atom stereocenters. The van der Waals surface area contributed by atoms with Crippen molar-refractivity contribution in [3.05, 3.63) is 31.2 Å². The Labute approximate surface area is 264 Å². The van der Waals surface area contributed by atoms with Crippen LogP contribution in [0.4, 0.5) is 11.5 Å². The minimum atomic E-state index is -4.23. The van der Waals surface area contributed by atoms with Crippen LogP contribution in [0.3, 0.4) is 0 Å². The fourth-order valence-corrected chi connectivity index (χ4v) is 9.80. The summed E-state index contributed by atoms with van der Waals surface area (Å²) in [7, 11) is 0. The molecule has 2 aliphatic carbocycles. The number of anilines is 2. The molecular formula is C23H27N9O9P2S2. The fraction of sp³-hybridized carbons (Fsp3) is 0.522. The van der Waals surface area contributed by atoms with Crippen molar-refractivity contribution in [3.8, 4) is 0 Å². The molecule has 6 heterocycles. The van der Waals surface area contributed by atoms with Crippen LogP contribution in [0, 0.1) is 11.3 Å². The Bertz CT molecular complexity index is 1930. The van der Waals surface area contributed by atoms with Gasteiger partial charge in [-0.1, -0.05) is 12.2 Å². The molecule has 4 aliphatic rings. The number of ether oxygens (including phenoxy) is 1. The lowest BCUT2D eigenvalue weighted by molar-refractivity contribution is -0.0581. The number of nitrogens with two attached hydrogens (primary N) is 2. The third-order valence-corrected chi connectivity index (χ3v) is 12.1. The van der Waals surface area contributed by atoms with Gasteiger partial charge < -0.3 is 49.4 Å². The van der Waals surface area contributed by atoms with Gasteiger partial charge in [0.25, 0.3) is 0 Å². The maximum absolute atomic E-state index is 13.8. The lowest BCUT2D eigenvalue weighted by Crippen LogP contribution is -2.38. The van der Waals surface area contributed by atoms with Crippen LogP contribution in [0.2, 0.25) is 0 Å². The zero-order chi connectivity index (χ0) is 31.5. The van der Waals surface area contributed by atoms with E-state index >= 15 is 0 Å². The Morgan fingerprint density at radius 1 is 1.02 bits per heavy atom. The normalized spacial score (nSPS) is 41.7. The van der Waals surface area contributed by atoms with Gasteiger partial charge in [0, 0.05) is 11.6 Å². The predicted molar refractivity (Wildman–Crippen MR) is 162 cm³/mol. The van der Waals surface area contributed by atoms with Gasteiger partial charge in [0.05, 0.1) is 37.6 Å². The molecular weight excluding hydrogens is 672 g/mol. The number of pyridine rings is 1. The number of hydrogen-bond donors (Lipinski definition) is 6. The molecule has 22 heteroatoms. The monoisotopic (exact) mass is 699 g/mol. The van der Waals surface area contributed by atoms with Gasteiger partial charge in [-0.2, -0.15) is 0 Å². The minimum absolute atomic E-state index is 0.173. The van der Waals surface area contributed by atoms with Gasteiger partial charge in [0.15, 0.2) is 23.3 Å². The van der Waals surface area contributed by atoms with Crippen LogP contribution >= 0.6 is 25.8 Å². The number of thiol groups is 1. The molecule has 0 amide bonds. The van der Waals surface area contributed by atoms with E-state index in [1.54, 1.807) is 10.6 Å². The molecule has 240 valence electrons. The zero-order valence-corrected chi connectivity index (χ0v) is 26.5. The van der Waals surface area contributed by atoms with Crippen molar-refractivity contribution in [3.63, 3.8) is 0 Å². The van der Waals surface area contributed by atoms with Crippen molar-refractivity contribution in [1.29, 1.82) is 0 Å². The maximum Gasteiger partial charge on any atom is 0.386 e. The number of hydrogen-bond acceptors (Lipinski definition) is 16. The van der Waals surface area contributed by atoms with Crippen LogP contribution in [-0.4, -0.2) is 92.9 Å². The molecule has 4 aromatic heterocycles. The molecule has 18 nitrogen and oxygen atoms in total. The third kappa shape index (κ3) is 4.74. The van der Waals surface area contributed by atoms with E-state index in [0.717, 1.165) is 0 Å². The third-order valence-electron chi connectivity index (χ3n) is 9.00. The van der Waals surface area contributed by atoms with Crippen LogP contribution < -0.4 is 11.5 Å². The molecule has 11 atom stereocenters. The second kappa shape index (κ2) is 10.3. The maximum atomic E-state index is 13.8. The van der Waals surface area contributed by atoms with E-state index in [1.807, 2.05) is 0 Å². The summed E-state index contributed by atoms with van der Waals surface area (Å²) < 4.78 is 46.3. The first-order chi connectivity index (χ1) is 21.4. The van der Waals surface area contributed by atoms with Gasteiger partial charge in [-0.25, -0.2) is 29.5 Å². The molecule has 0 aromatic carbocycles. The molecule has 0 radical (unpaired) electrons. The van der Waals surface area contributed by atoms with Crippen molar-refractivity contribution in [2.45, 2.75) is 49.2 Å². The molecule has 4 aromatic rings. The topological polar surface area (TPSA) is 250 Å². The van der Waals surface area contributed by atoms with E-state index in [0.29, 0.717) is 34.4 Å². The van der Waals surface area contributed by atoms with E-state index in [2.05, 4.69) is 37.2 Å². The van der Waals surface area contributed by atoms with Crippen LogP contribution in [0.25, 0.3) is 22.3 Å². The lowest BCUT2D eigenvalue weighted by atomic mass is 10.0. The molecule has 2 bridgehead atoms. The van der Waals surface area contributed by atoms with Gasteiger partial charge in [0.2, 0.25) is 0 Å². The van der Waals surface area contributed by atoms with E-state index in [-0.39, 0.29) is 18.3 Å². The number of aliphatic hydroxyl groups excluding tert-OH is 2. The second-order valence-electron chi connectivity index (χ2n) is 11.5. The number of aromatic nitrogens is 7. The van der Waals surface area contributed by atoms with E-state index in [1.165, 1.54) is 29.7 Å². The Morgan fingerprint density at radius 3 is 2.60 bits per heavy atom. The summed E-state index contributed by atoms with van der Waals surface area (Å²) >= 11 is 9.59. The Balaban J connectivity index is 1.14. The van der Waals surface area contributed by atoms with Crippen LogP contribution in [0.5, 0.6) is 0 Å². The summed E-state index contributed by atoms with van der Waals surface area (Å²) in [5.41, 5.74) is 12.9. The largest absolute Gasteiger partial charge is 0.397 e. The van der Waals surface area contributed by atoms with Crippen molar-refractivity contribution in [1.82, 2.24) is 34.1 Å². The first kappa shape index (κ1) is 30.0. The van der Waals surface area contributed by atoms with E-state index < -0.39 is 68.3 Å². The summed E-state index contributed by atoms with van der Waals surface area (Å²) in [6.07, 6.45) is -1.30. The lowest BCUT2D eigenvalue weighted by Gasteiger charge is -2.31. The average Bonchev–Trinajstić information content (AvgIpc) is 3.28. The Morgan fingerprint density at radius 2 is 1.78 bits per heavy atom. The highest BCUT2D eigenvalue weighted by molar-refractivity contribution is 8.44. The molecule has 8 rings (SSSR count). The molecule has 2 saturated heterocycles. The number of rotatable bonds is 2. The summed E-state index contributed by atoms with van der Waals surface area (Å²) in [4.78, 5) is 32.4. The SMILES string of the molecule is Nc1ncnc2c1ncn2[C@H]1[C@H](O)[C@@H]2OP(O)(=S)OC[C@H]3O[C@@H](n4cnc5c(N)ccnc54)[C@H](OP(=O)(S)OCC24C[C@H]14)[C@@H]3O. The summed E-state index contributed by atoms with van der Waals surface area (Å²) in [6, 6.07) is 0.929. The average molecular weight is 700 g/mol. The highest BCUT2D eigenvalue weighted by Crippen LogP contribution is 2.72. The molecule has 4 fully saturated rings. The second-order valence-corrected chi connectivity index (χ2v) is 17.2. The zero-order valence-electron chi connectivity index (χ0n) is 23.0. The first-order valence-corrected chi connectivity index (χ1v) is 19.0. The standard InChI is InChI=1S/C23H27N9O9P2S2/c24-10-1-2-26-20-12(10)29-8-32(20)22-17-15(33)11(39-22)4-37-42(35,44)41-18-16(34)14(9-3-23(9,18)5-38-43(36,45)40-17)31-7-30-13-19(25)27-6-28-21(13)31/h1-2,6-9,11,14-18,22,33-34H,3-5H2,(H2,24,26)(H,35,44)(H,36,45)(H2,25,27,28)/t9-,11-,14-,15-,16+,17-,18+,22-,23?,42?,43?/m1/s1. The number of imidazole rings is 2. The van der Waals surface area contributed by atoms with Gasteiger partial charge in [0.1, 0.15) is 47.9 Å². The van der Waals surface area contributed by atoms with Gasteiger partial charge in [-0.3, -0.25) is 9.09 Å². The summed E-state index contributed by atoms with van der Waals surface area (Å²) in [5, 5.41) is 22.8. The number of nitrogen functional groups attached to an aromatic ring is 2. The minimum Gasteiger partial charge on any atom is -0.397 e. The fourth-order valence-electron chi connectivity index (χ4n) is 6.82. The summed E-state index contributed by atoms with van der Waals surface area (Å²) in [6.45, 7) is -9.00. The smallest absolute Gasteiger partial charge is 0.386 e. The van der Waals surface area contributed by atoms with Crippen molar-refractivity contribution in [2.75, 3.05) is 24.7 Å². The molecule has 1 spiro atoms. The van der Waals surface area contributed by atoms with Crippen molar-refractivity contribution >= 4 is 71.4 Å². The van der Waals surface area contributed by atoms with Crippen molar-refractivity contribution in [2.24, 2.45) is 11.3 Å². The molecule has 2 aliphatic heterocycles. The van der Waals surface area contributed by atoms with Crippen LogP contribution in [-0.2, 0) is 39.2 Å². The number of fused-ring (bicyclic) bond motifs is 4. The first-order valence-electron chi connectivity index (χ1n) is 13.7. The molecule has 45 heavy (non-hydrogen) atoms. The van der Waals surface area contributed by atoms with E-state index in [4.69, 9.17) is 46.1 Å². The Hall–Kier alpha value is -2.32. The predicted octanol–water partition coefficient (Wildman–Crippen LogP) is 0.688. The summed E-state index contributed by atoms with van der Waals surface area (Å²) in [5.74, 6) is -0.141. The number of aliphatic hydroxyl groups is 2.